The van der Waals surface area contributed by atoms with Gasteiger partial charge in [-0.25, -0.2) is 4.98 Å². The molecule has 5 aromatic rings. The van der Waals surface area contributed by atoms with Gasteiger partial charge < -0.3 is 4.42 Å². The highest BCUT2D eigenvalue weighted by molar-refractivity contribution is 7.26. The number of furan rings is 1. The molecule has 112 valence electrons. The van der Waals surface area contributed by atoms with Gasteiger partial charge in [-0.05, 0) is 55.9 Å². The van der Waals surface area contributed by atoms with Crippen molar-refractivity contribution in [3.63, 3.8) is 0 Å². The van der Waals surface area contributed by atoms with E-state index in [4.69, 9.17) is 16.8 Å². The average molecular weight is 327 g/mol. The summed E-state index contributed by atoms with van der Waals surface area (Å²) in [5.74, 6) is 0. The van der Waals surface area contributed by atoms with Crippen molar-refractivity contribution < 1.29 is 16.8 Å². The molecule has 3 nitrogen and oxygen atoms in total. The molecule has 1 aromatic carbocycles. The number of hydrogen-bond acceptors (Lipinski definition) is 4. The summed E-state index contributed by atoms with van der Waals surface area (Å²) >= 11 is 1.41. The second kappa shape index (κ2) is 4.30. The maximum atomic E-state index is 7.79. The second-order valence-electron chi connectivity index (χ2n) is 5.32. The molecule has 0 saturated carbocycles. The molecule has 0 N–H and O–H groups in total. The molecule has 23 heavy (non-hydrogen) atoms. The third-order valence-corrected chi connectivity index (χ3v) is 5.02. The van der Waals surface area contributed by atoms with Crippen molar-refractivity contribution in [3.8, 4) is 11.3 Å². The van der Waals surface area contributed by atoms with E-state index in [2.05, 4.69) is 9.97 Å². The fourth-order valence-corrected chi connectivity index (χ4v) is 4.03. The average Bonchev–Trinajstić information content (AvgIpc) is 3.24. The minimum Gasteiger partial charge on any atom is -0.437 e. The van der Waals surface area contributed by atoms with Crippen molar-refractivity contribution in [1.82, 2.24) is 9.97 Å². The van der Waals surface area contributed by atoms with Crippen molar-refractivity contribution in [2.24, 2.45) is 0 Å². The van der Waals surface area contributed by atoms with Gasteiger partial charge in [0.25, 0.3) is 0 Å². The Morgan fingerprint density at radius 1 is 1.04 bits per heavy atom. The van der Waals surface area contributed by atoms with Crippen LogP contribution >= 0.6 is 11.3 Å². The molecule has 0 saturated heterocycles. The van der Waals surface area contributed by atoms with Gasteiger partial charge in [-0.3, -0.25) is 4.98 Å². The number of rotatable bonds is 1. The van der Waals surface area contributed by atoms with Gasteiger partial charge in [0.1, 0.15) is 5.58 Å². The van der Waals surface area contributed by atoms with Crippen LogP contribution in [0.2, 0.25) is 0 Å². The smallest absolute Gasteiger partial charge is 0.229 e. The van der Waals surface area contributed by atoms with Gasteiger partial charge in [0, 0.05) is 44.6 Å². The summed E-state index contributed by atoms with van der Waals surface area (Å²) in [4.78, 5) is 8.41. The monoisotopic (exact) mass is 327 g/mol. The van der Waals surface area contributed by atoms with Crippen LogP contribution in [-0.4, -0.2) is 9.97 Å². The van der Waals surface area contributed by atoms with Crippen LogP contribution in [0, 0.1) is 20.6 Å². The van der Waals surface area contributed by atoms with Gasteiger partial charge in [0.2, 0.25) is 5.71 Å². The van der Waals surface area contributed by atoms with Crippen LogP contribution in [0.1, 0.15) is 29.2 Å². The lowest BCUT2D eigenvalue weighted by Crippen LogP contribution is -1.88. The highest BCUT2D eigenvalue weighted by atomic mass is 32.1. The summed E-state index contributed by atoms with van der Waals surface area (Å²) in [6.07, 6.45) is 1.07. The van der Waals surface area contributed by atoms with Crippen molar-refractivity contribution in [3.05, 3.63) is 47.3 Å². The first kappa shape index (κ1) is 6.97. The van der Waals surface area contributed by atoms with Crippen molar-refractivity contribution in [2.75, 3.05) is 0 Å². The standard InChI is InChI=1S/C19H14N2OS/c1-9-6-13(20-8-10(9)2)12-4-5-14-16-17-15(23-14)7-11(3)21-19(17)22-18(12)16/h4-8H,1-3H3/i1D3,2D3,3D3. The SMILES string of the molecule is [2H]C([2H])([2H])c1cc2sc3ccc(-c4cc(C([2H])([2H])[2H])c(C([2H])([2H])[2H])cn4)c4oc(n1)c2c34. The molecule has 4 heteroatoms. The van der Waals surface area contributed by atoms with Crippen LogP contribution in [0.5, 0.6) is 0 Å². The molecule has 0 amide bonds. The zero-order valence-corrected chi connectivity index (χ0v) is 12.4. The third kappa shape index (κ3) is 1.70. The molecule has 0 aliphatic carbocycles. The number of benzene rings is 1. The van der Waals surface area contributed by atoms with Gasteiger partial charge in [-0.2, -0.15) is 0 Å². The van der Waals surface area contributed by atoms with Crippen LogP contribution in [0.4, 0.5) is 0 Å². The predicted molar refractivity (Wildman–Crippen MR) is 95.5 cm³/mol. The second-order valence-corrected chi connectivity index (χ2v) is 6.40. The molecule has 0 fully saturated rings. The number of aryl methyl sites for hydroxylation is 3. The van der Waals surface area contributed by atoms with Crippen molar-refractivity contribution in [1.29, 1.82) is 0 Å². The summed E-state index contributed by atoms with van der Waals surface area (Å²) in [6, 6.07) is 6.33. The summed E-state index contributed by atoms with van der Waals surface area (Å²) in [5, 5.41) is 1.45. The van der Waals surface area contributed by atoms with E-state index < -0.39 is 20.6 Å². The molecule has 0 radical (unpaired) electrons. The van der Waals surface area contributed by atoms with E-state index in [1.54, 1.807) is 6.07 Å². The van der Waals surface area contributed by atoms with E-state index in [-0.39, 0.29) is 28.2 Å². The topological polar surface area (TPSA) is 38.9 Å². The Kier molecular flexibility index (Phi) is 1.30. The van der Waals surface area contributed by atoms with Gasteiger partial charge in [-0.1, -0.05) is 0 Å². The number of nitrogens with zero attached hydrogens (tertiary/aromatic N) is 2. The predicted octanol–water partition coefficient (Wildman–Crippen LogP) is 5.62. The molecule has 4 heterocycles. The summed E-state index contributed by atoms with van der Waals surface area (Å²) in [6.45, 7) is -7.67. The van der Waals surface area contributed by atoms with Gasteiger partial charge in [0.15, 0.2) is 0 Å². The van der Waals surface area contributed by atoms with E-state index in [0.717, 1.165) is 21.0 Å². The molecule has 0 spiro atoms. The molecule has 0 atom stereocenters. The van der Waals surface area contributed by atoms with E-state index in [1.165, 1.54) is 23.5 Å². The minimum atomic E-state index is -2.65. The summed E-state index contributed by atoms with van der Waals surface area (Å²) < 4.78 is 76.8. The van der Waals surface area contributed by atoms with Gasteiger partial charge >= 0.3 is 0 Å². The molecular weight excluding hydrogens is 304 g/mol. The normalized spacial score (nSPS) is 19.6. The zero-order chi connectivity index (χ0) is 23.2. The fourth-order valence-electron chi connectivity index (χ4n) is 2.90. The molecule has 0 aliphatic heterocycles. The maximum Gasteiger partial charge on any atom is 0.229 e. The van der Waals surface area contributed by atoms with Crippen LogP contribution < -0.4 is 0 Å². The molecule has 0 aliphatic rings. The first-order valence-electron chi connectivity index (χ1n) is 11.3. The lowest BCUT2D eigenvalue weighted by Gasteiger charge is -2.05. The van der Waals surface area contributed by atoms with Gasteiger partial charge in [0.05, 0.1) is 11.1 Å². The highest BCUT2D eigenvalue weighted by Crippen LogP contribution is 2.45. The number of thiophene rings is 1. The molecule has 4 aromatic heterocycles. The van der Waals surface area contributed by atoms with Gasteiger partial charge in [-0.15, -0.1) is 11.3 Å². The fraction of sp³-hybridized carbons (Fsp3) is 0.158. The number of aromatic nitrogens is 2. The van der Waals surface area contributed by atoms with Crippen molar-refractivity contribution >= 4 is 42.8 Å². The van der Waals surface area contributed by atoms with E-state index in [1.807, 2.05) is 6.07 Å². The Morgan fingerprint density at radius 2 is 2.00 bits per heavy atom. The first-order chi connectivity index (χ1) is 14.7. The van der Waals surface area contributed by atoms with E-state index >= 15 is 0 Å². The van der Waals surface area contributed by atoms with Crippen molar-refractivity contribution in [2.45, 2.75) is 20.6 Å². The lowest BCUT2D eigenvalue weighted by molar-refractivity contribution is 0.654. The van der Waals surface area contributed by atoms with Crippen LogP contribution in [0.25, 0.3) is 42.7 Å². The minimum absolute atomic E-state index is 0.0726. The Labute approximate surface area is 149 Å². The number of pyridine rings is 2. The Morgan fingerprint density at radius 3 is 2.87 bits per heavy atom. The number of hydrogen-bond donors (Lipinski definition) is 0. The van der Waals surface area contributed by atoms with Crippen LogP contribution in [0.15, 0.2) is 34.9 Å². The third-order valence-electron chi connectivity index (χ3n) is 3.92. The van der Waals surface area contributed by atoms with E-state index in [9.17, 15) is 0 Å². The Hall–Kier alpha value is -2.46. The quantitative estimate of drug-likeness (QED) is 0.401. The molecule has 5 rings (SSSR count). The first-order valence-corrected chi connectivity index (χ1v) is 7.67. The largest absolute Gasteiger partial charge is 0.437 e. The lowest BCUT2D eigenvalue weighted by atomic mass is 10.0. The molecule has 0 bridgehead atoms. The van der Waals surface area contributed by atoms with Crippen LogP contribution in [0.3, 0.4) is 0 Å². The van der Waals surface area contributed by atoms with Crippen LogP contribution in [-0.2, 0) is 0 Å². The zero-order valence-electron chi connectivity index (χ0n) is 20.6. The Balaban J connectivity index is 1.79. The summed E-state index contributed by atoms with van der Waals surface area (Å²) in [5.41, 5.74) is 0.574. The van der Waals surface area contributed by atoms with E-state index in [0.29, 0.717) is 16.5 Å². The highest BCUT2D eigenvalue weighted by Gasteiger charge is 2.21. The maximum absolute atomic E-state index is 7.79. The molecule has 0 unspecified atom stereocenters. The summed E-state index contributed by atoms with van der Waals surface area (Å²) in [7, 11) is 0. The Bertz CT molecular complexity index is 1490. The molecular formula is C19H14N2OS.